The molecule has 93 valence electrons. The maximum Gasteiger partial charge on any atom is 0.138 e. The minimum absolute atomic E-state index is 0. The van der Waals surface area contributed by atoms with Crippen LogP contribution in [0.5, 0.6) is 0 Å². The predicted octanol–water partition coefficient (Wildman–Crippen LogP) is 1.87. The Morgan fingerprint density at radius 2 is 1.56 bits per heavy atom. The number of methoxy groups -OCH3 is 1. The Kier molecular flexibility index (Phi) is 22.4. The van der Waals surface area contributed by atoms with Crippen LogP contribution in [0.1, 0.15) is 13.8 Å². The van der Waals surface area contributed by atoms with Crippen molar-refractivity contribution in [2.45, 2.75) is 32.3 Å². The quantitative estimate of drug-likeness (QED) is 0.381. The summed E-state index contributed by atoms with van der Waals surface area (Å²) in [6, 6.07) is -0.289. The maximum atomic E-state index is 7.78. The first kappa shape index (κ1) is 27.4. The number of ether oxygens (including phenoxy) is 2. The van der Waals surface area contributed by atoms with Crippen molar-refractivity contribution >= 4 is 0 Å². The first-order valence-corrected chi connectivity index (χ1v) is 4.30. The molecule has 1 heterocycles. The fourth-order valence-corrected chi connectivity index (χ4v) is 1.50. The Balaban J connectivity index is -0.000000180. The van der Waals surface area contributed by atoms with E-state index in [0.717, 1.165) is 0 Å². The predicted molar refractivity (Wildman–Crippen MR) is 47.5 cm³/mol. The first-order chi connectivity index (χ1) is 5.57. The largest absolute Gasteiger partial charge is 0.670 e. The van der Waals surface area contributed by atoms with E-state index in [1.54, 1.807) is 7.11 Å². The summed E-state index contributed by atoms with van der Waals surface area (Å²) in [7, 11) is 1.57. The molecule has 1 fully saturated rings. The maximum absolute atomic E-state index is 7.78. The van der Waals surface area contributed by atoms with Crippen molar-refractivity contribution in [3.05, 3.63) is 12.7 Å². The van der Waals surface area contributed by atoms with Gasteiger partial charge in [0.2, 0.25) is 0 Å². The molecule has 1 aliphatic heterocycles. The van der Waals surface area contributed by atoms with Crippen LogP contribution in [0.3, 0.4) is 0 Å². The van der Waals surface area contributed by atoms with Gasteiger partial charge in [-0.2, -0.15) is 0 Å². The van der Waals surface area contributed by atoms with Crippen molar-refractivity contribution in [1.82, 2.24) is 0 Å². The molecule has 0 amide bonds. The van der Waals surface area contributed by atoms with Crippen LogP contribution in [0.4, 0.5) is 0 Å². The molecule has 0 aliphatic carbocycles. The van der Waals surface area contributed by atoms with Gasteiger partial charge in [0, 0.05) is 103 Å². The summed E-state index contributed by atoms with van der Waals surface area (Å²) in [4.78, 5) is 0. The summed E-state index contributed by atoms with van der Waals surface area (Å²) in [5, 5.41) is 0. The number of hydrogen-bond donors (Lipinski definition) is 0. The van der Waals surface area contributed by atoms with Crippen molar-refractivity contribution in [1.29, 1.82) is 0 Å². The van der Waals surface area contributed by atoms with E-state index in [4.69, 9.17) is 15.2 Å². The molecule has 3 nitrogen and oxygen atoms in total. The molecule has 5 atom stereocenters. The molecule has 3 unspecified atom stereocenters. The zero-order valence-electron chi connectivity index (χ0n) is 9.71. The molecule has 1 N–H and O–H groups in total. The number of hydrogen-bond acceptors (Lipinski definition) is 2. The summed E-state index contributed by atoms with van der Waals surface area (Å²) in [6.07, 6.45) is -0.453. The average Bonchev–Trinajstić information content (AvgIpc) is 2.08. The van der Waals surface area contributed by atoms with E-state index in [1.165, 1.54) is 0 Å². The first-order valence-electron chi connectivity index (χ1n) is 4.30. The molecular formula is C9H17NO2W3Y-2. The molecular weight excluding hydrogens is 795 g/mol. The van der Waals surface area contributed by atoms with E-state index in [9.17, 15) is 0 Å². The van der Waals surface area contributed by atoms with Gasteiger partial charge in [0.15, 0.2) is 0 Å². The van der Waals surface area contributed by atoms with Crippen LogP contribution < -0.4 is 0 Å². The van der Waals surface area contributed by atoms with Gasteiger partial charge in [-0.15, -0.1) is 0 Å². The Bertz CT molecular complexity index is 163. The molecule has 1 aliphatic rings. The van der Waals surface area contributed by atoms with E-state index in [2.05, 4.69) is 20.8 Å². The van der Waals surface area contributed by atoms with Crippen molar-refractivity contribution in [2.24, 2.45) is 11.8 Å². The molecule has 0 spiro atoms. The van der Waals surface area contributed by atoms with Crippen LogP contribution in [0.15, 0.2) is 0 Å². The SMILES string of the molecule is [CH2-]C1O[C@@H](OC)C([NH-])C(C)[C@H]1C.[W].[W].[W].[Y]. The van der Waals surface area contributed by atoms with Gasteiger partial charge in [0.1, 0.15) is 6.29 Å². The third-order valence-electron chi connectivity index (χ3n) is 2.82. The number of nitrogens with one attached hydrogen (secondary N) is 1. The van der Waals surface area contributed by atoms with E-state index < -0.39 is 6.29 Å². The summed E-state index contributed by atoms with van der Waals surface area (Å²) in [5.41, 5.74) is 7.78. The van der Waals surface area contributed by atoms with Gasteiger partial charge >= 0.3 is 0 Å². The van der Waals surface area contributed by atoms with Crippen molar-refractivity contribution in [2.75, 3.05) is 7.11 Å². The van der Waals surface area contributed by atoms with Crippen molar-refractivity contribution in [3.8, 4) is 0 Å². The Hall–Kier alpha value is 3.05. The second-order valence-electron chi connectivity index (χ2n) is 3.52. The van der Waals surface area contributed by atoms with Gasteiger partial charge < -0.3 is 22.1 Å². The summed E-state index contributed by atoms with van der Waals surface area (Å²) < 4.78 is 10.5. The summed E-state index contributed by atoms with van der Waals surface area (Å²) in [5.74, 6) is 0.616. The van der Waals surface area contributed by atoms with E-state index in [1.807, 2.05) is 0 Å². The third-order valence-corrected chi connectivity index (χ3v) is 2.82. The topological polar surface area (TPSA) is 42.3 Å². The molecule has 0 aromatic heterocycles. The smallest absolute Gasteiger partial charge is 0.138 e. The standard InChI is InChI=1S/C9H17NO2.3W.Y/c1-5-6(2)8(10)9(11-4)12-7(5)3;;;;/h5-10H,3H2,1-2,4H3;;;;/q-2;;;;/t5-,6?,7?,8?,9-;;;;/m1..../s1. The van der Waals surface area contributed by atoms with Gasteiger partial charge in [-0.1, -0.05) is 31.9 Å². The summed E-state index contributed by atoms with van der Waals surface area (Å²) >= 11 is 0. The molecule has 0 aromatic carbocycles. The van der Waals surface area contributed by atoms with Crippen LogP contribution in [0, 0.1) is 18.8 Å². The molecule has 7 heteroatoms. The Labute approximate surface area is 167 Å². The van der Waals surface area contributed by atoms with Crippen molar-refractivity contribution < 1.29 is 105 Å². The Morgan fingerprint density at radius 3 is 1.94 bits per heavy atom. The molecule has 1 rings (SSSR count). The second-order valence-corrected chi connectivity index (χ2v) is 3.52. The molecule has 0 aromatic rings. The fraction of sp³-hybridized carbons (Fsp3) is 0.889. The fourth-order valence-electron chi connectivity index (χ4n) is 1.50. The van der Waals surface area contributed by atoms with Gasteiger partial charge in [-0.25, -0.2) is 0 Å². The zero-order chi connectivity index (χ0) is 9.30. The van der Waals surface area contributed by atoms with Gasteiger partial charge in [0.25, 0.3) is 0 Å². The molecule has 0 bridgehead atoms. The van der Waals surface area contributed by atoms with Crippen LogP contribution in [-0.4, -0.2) is 25.5 Å². The minimum atomic E-state index is -0.404. The molecule has 1 saturated heterocycles. The molecule has 1 radical (unpaired) electrons. The average molecular weight is 812 g/mol. The number of rotatable bonds is 1. The normalized spacial score (nSPS) is 36.9. The molecule has 16 heavy (non-hydrogen) atoms. The van der Waals surface area contributed by atoms with Crippen molar-refractivity contribution in [3.63, 3.8) is 0 Å². The van der Waals surface area contributed by atoms with Gasteiger partial charge in [0.05, 0.1) is 0 Å². The van der Waals surface area contributed by atoms with Gasteiger partial charge in [-0.05, 0) is 5.92 Å². The van der Waals surface area contributed by atoms with E-state index in [0.29, 0.717) is 5.92 Å². The zero-order valence-corrected chi connectivity index (χ0v) is 21.4. The minimum Gasteiger partial charge on any atom is -0.670 e. The van der Waals surface area contributed by atoms with Gasteiger partial charge in [-0.3, -0.25) is 0 Å². The second kappa shape index (κ2) is 13.1. The van der Waals surface area contributed by atoms with Crippen LogP contribution >= 0.6 is 0 Å². The van der Waals surface area contributed by atoms with E-state index >= 15 is 0 Å². The third kappa shape index (κ3) is 7.00. The van der Waals surface area contributed by atoms with E-state index in [-0.39, 0.29) is 114 Å². The summed E-state index contributed by atoms with van der Waals surface area (Å²) in [6.45, 7) is 7.99. The molecule has 0 saturated carbocycles. The van der Waals surface area contributed by atoms with Crippen LogP contribution in [0.2, 0.25) is 0 Å². The van der Waals surface area contributed by atoms with Crippen LogP contribution in [-0.2, 0) is 105 Å². The Morgan fingerprint density at radius 1 is 1.12 bits per heavy atom. The van der Waals surface area contributed by atoms with Crippen LogP contribution in [0.25, 0.3) is 5.73 Å². The monoisotopic (exact) mass is 812 g/mol.